The summed E-state index contributed by atoms with van der Waals surface area (Å²) in [7, 11) is 0. The summed E-state index contributed by atoms with van der Waals surface area (Å²) >= 11 is 13.2. The molecule has 5 heteroatoms. The van der Waals surface area contributed by atoms with Crippen molar-refractivity contribution in [2.24, 2.45) is 0 Å². The van der Waals surface area contributed by atoms with Gasteiger partial charge in [-0.1, -0.05) is 35.3 Å². The topological polar surface area (TPSA) is 29.1 Å². The number of hydrogen-bond acceptors (Lipinski definition) is 2. The molecule has 122 valence electrons. The Morgan fingerprint density at radius 1 is 1.04 bits per heavy atom. The third-order valence-electron chi connectivity index (χ3n) is 3.35. The van der Waals surface area contributed by atoms with Crippen molar-refractivity contribution < 1.29 is 4.79 Å². The second-order valence-electron chi connectivity index (χ2n) is 5.24. The van der Waals surface area contributed by atoms with Crippen LogP contribution in [0.2, 0.25) is 10.0 Å². The third-order valence-corrected chi connectivity index (χ3v) is 4.97. The van der Waals surface area contributed by atoms with Crippen molar-refractivity contribution in [3.05, 3.63) is 64.1 Å². The maximum absolute atomic E-state index is 12.1. The maximum Gasteiger partial charge on any atom is 0.233 e. The van der Waals surface area contributed by atoms with Gasteiger partial charge in [-0.05, 0) is 61.7 Å². The van der Waals surface area contributed by atoms with Gasteiger partial charge in [0.15, 0.2) is 0 Å². The van der Waals surface area contributed by atoms with Gasteiger partial charge in [-0.15, -0.1) is 11.8 Å². The minimum atomic E-state index is -0.133. The summed E-state index contributed by atoms with van der Waals surface area (Å²) in [5.41, 5.74) is 1.23. The predicted octanol–water partition coefficient (Wildman–Crippen LogP) is 5.22. The van der Waals surface area contributed by atoms with Crippen molar-refractivity contribution in [2.75, 3.05) is 6.54 Å². The van der Waals surface area contributed by atoms with Gasteiger partial charge < -0.3 is 5.32 Å². The Balaban J connectivity index is 1.69. The van der Waals surface area contributed by atoms with E-state index in [1.807, 2.05) is 55.5 Å². The van der Waals surface area contributed by atoms with Crippen molar-refractivity contribution in [1.82, 2.24) is 5.32 Å². The summed E-state index contributed by atoms with van der Waals surface area (Å²) in [5, 5.41) is 4.30. The summed E-state index contributed by atoms with van der Waals surface area (Å²) in [4.78, 5) is 13.1. The van der Waals surface area contributed by atoms with E-state index in [0.717, 1.165) is 22.8 Å². The molecule has 23 heavy (non-hydrogen) atoms. The first-order chi connectivity index (χ1) is 11.0. The van der Waals surface area contributed by atoms with E-state index in [4.69, 9.17) is 23.2 Å². The molecule has 0 saturated heterocycles. The van der Waals surface area contributed by atoms with Crippen LogP contribution in [-0.4, -0.2) is 17.7 Å². The molecule has 0 bridgehead atoms. The van der Waals surface area contributed by atoms with Crippen LogP contribution in [-0.2, 0) is 11.2 Å². The molecule has 0 aromatic heterocycles. The van der Waals surface area contributed by atoms with Crippen LogP contribution in [0.5, 0.6) is 0 Å². The molecule has 1 amide bonds. The molecule has 2 aromatic rings. The van der Waals surface area contributed by atoms with Gasteiger partial charge in [0.1, 0.15) is 0 Å². The fraction of sp³-hybridized carbons (Fsp3) is 0.278. The quantitative estimate of drug-likeness (QED) is 0.536. The summed E-state index contributed by atoms with van der Waals surface area (Å²) in [6.07, 6.45) is 1.84. The minimum absolute atomic E-state index is 0.0565. The predicted molar refractivity (Wildman–Crippen MR) is 99.6 cm³/mol. The zero-order valence-corrected chi connectivity index (χ0v) is 15.2. The Morgan fingerprint density at radius 3 is 2.22 bits per heavy atom. The first-order valence-corrected chi connectivity index (χ1v) is 9.12. The lowest BCUT2D eigenvalue weighted by atomic mass is 10.1. The molecule has 0 aliphatic rings. The van der Waals surface area contributed by atoms with E-state index in [0.29, 0.717) is 11.6 Å². The number of amides is 1. The Kier molecular flexibility index (Phi) is 7.28. The molecule has 0 heterocycles. The number of aryl methyl sites for hydroxylation is 1. The van der Waals surface area contributed by atoms with E-state index < -0.39 is 0 Å². The molecular weight excluding hydrogens is 349 g/mol. The molecule has 0 aliphatic carbocycles. The molecule has 0 unspecified atom stereocenters. The Bertz CT molecular complexity index is 628. The molecule has 2 rings (SSSR count). The summed E-state index contributed by atoms with van der Waals surface area (Å²) in [5.74, 6) is 0.0565. The summed E-state index contributed by atoms with van der Waals surface area (Å²) in [6.45, 7) is 2.58. The van der Waals surface area contributed by atoms with E-state index in [-0.39, 0.29) is 11.2 Å². The number of halogens is 2. The van der Waals surface area contributed by atoms with Gasteiger partial charge in [-0.25, -0.2) is 0 Å². The molecule has 2 aromatic carbocycles. The lowest BCUT2D eigenvalue weighted by Crippen LogP contribution is -2.31. The second-order valence-corrected chi connectivity index (χ2v) is 7.52. The zero-order chi connectivity index (χ0) is 16.7. The molecule has 0 saturated carbocycles. The highest BCUT2D eigenvalue weighted by Crippen LogP contribution is 2.24. The minimum Gasteiger partial charge on any atom is -0.355 e. The maximum atomic E-state index is 12.1. The van der Waals surface area contributed by atoms with Gasteiger partial charge in [-0.2, -0.15) is 0 Å². The number of carbonyl (C=O) groups excluding carboxylic acids is 1. The average Bonchev–Trinajstić information content (AvgIpc) is 2.55. The normalized spacial score (nSPS) is 12.0. The Hall–Kier alpha value is -1.16. The molecular formula is C18H19Cl2NOS. The van der Waals surface area contributed by atoms with Crippen LogP contribution in [0.3, 0.4) is 0 Å². The van der Waals surface area contributed by atoms with E-state index in [9.17, 15) is 4.79 Å². The van der Waals surface area contributed by atoms with Gasteiger partial charge >= 0.3 is 0 Å². The largest absolute Gasteiger partial charge is 0.355 e. The van der Waals surface area contributed by atoms with Gasteiger partial charge in [0.2, 0.25) is 5.91 Å². The molecule has 1 atom stereocenters. The van der Waals surface area contributed by atoms with E-state index in [1.54, 1.807) is 0 Å². The van der Waals surface area contributed by atoms with Crippen molar-refractivity contribution in [3.8, 4) is 0 Å². The van der Waals surface area contributed by atoms with Crippen molar-refractivity contribution in [1.29, 1.82) is 0 Å². The SMILES string of the molecule is C[C@H](Sc1ccc(Cl)cc1)C(=O)NCCCc1ccc(Cl)cc1. The fourth-order valence-corrected chi connectivity index (χ4v) is 3.21. The molecule has 1 N–H and O–H groups in total. The third kappa shape index (κ3) is 6.46. The van der Waals surface area contributed by atoms with Crippen molar-refractivity contribution in [3.63, 3.8) is 0 Å². The van der Waals surface area contributed by atoms with Crippen molar-refractivity contribution >= 4 is 40.9 Å². The highest BCUT2D eigenvalue weighted by molar-refractivity contribution is 8.00. The van der Waals surface area contributed by atoms with Gasteiger partial charge in [0.25, 0.3) is 0 Å². The summed E-state index contributed by atoms with van der Waals surface area (Å²) in [6, 6.07) is 15.3. The van der Waals surface area contributed by atoms with Gasteiger partial charge in [-0.3, -0.25) is 4.79 Å². The number of benzene rings is 2. The number of rotatable bonds is 7. The number of carbonyl (C=O) groups is 1. The van der Waals surface area contributed by atoms with Crippen LogP contribution in [0.1, 0.15) is 18.9 Å². The van der Waals surface area contributed by atoms with Crippen LogP contribution < -0.4 is 5.32 Å². The lowest BCUT2D eigenvalue weighted by molar-refractivity contribution is -0.120. The van der Waals surface area contributed by atoms with Crippen LogP contribution in [0.25, 0.3) is 0 Å². The van der Waals surface area contributed by atoms with Gasteiger partial charge in [0, 0.05) is 21.5 Å². The number of hydrogen-bond donors (Lipinski definition) is 1. The zero-order valence-electron chi connectivity index (χ0n) is 12.9. The second kappa shape index (κ2) is 9.21. The molecule has 0 fully saturated rings. The van der Waals surface area contributed by atoms with E-state index in [2.05, 4.69) is 5.32 Å². The monoisotopic (exact) mass is 367 g/mol. The number of nitrogens with one attached hydrogen (secondary N) is 1. The van der Waals surface area contributed by atoms with Crippen LogP contribution >= 0.6 is 35.0 Å². The molecule has 0 aliphatic heterocycles. The van der Waals surface area contributed by atoms with E-state index >= 15 is 0 Å². The average molecular weight is 368 g/mol. The Labute approximate surface area is 151 Å². The highest BCUT2D eigenvalue weighted by Gasteiger charge is 2.13. The lowest BCUT2D eigenvalue weighted by Gasteiger charge is -2.12. The standard InChI is InChI=1S/C18H19Cl2NOS/c1-13(23-17-10-8-16(20)9-11-17)18(22)21-12-2-3-14-4-6-15(19)7-5-14/h4-11,13H,2-3,12H2,1H3,(H,21,22)/t13-/m0/s1. The van der Waals surface area contributed by atoms with Crippen molar-refractivity contribution in [2.45, 2.75) is 29.9 Å². The highest BCUT2D eigenvalue weighted by atomic mass is 35.5. The molecule has 0 radical (unpaired) electrons. The van der Waals surface area contributed by atoms with Crippen LogP contribution in [0.4, 0.5) is 0 Å². The molecule has 0 spiro atoms. The number of thioether (sulfide) groups is 1. The van der Waals surface area contributed by atoms with Gasteiger partial charge in [0.05, 0.1) is 5.25 Å². The Morgan fingerprint density at radius 2 is 1.61 bits per heavy atom. The van der Waals surface area contributed by atoms with Crippen LogP contribution in [0.15, 0.2) is 53.4 Å². The summed E-state index contributed by atoms with van der Waals surface area (Å²) < 4.78 is 0. The van der Waals surface area contributed by atoms with E-state index in [1.165, 1.54) is 17.3 Å². The first-order valence-electron chi connectivity index (χ1n) is 7.49. The molecule has 2 nitrogen and oxygen atoms in total. The van der Waals surface area contributed by atoms with Crippen LogP contribution in [0, 0.1) is 0 Å². The first kappa shape index (κ1) is 18.2. The smallest absolute Gasteiger partial charge is 0.233 e. The fourth-order valence-electron chi connectivity index (χ4n) is 2.07.